The molecule has 0 fully saturated rings. The zero-order valence-electron chi connectivity index (χ0n) is 10.8. The molecule has 20 heavy (non-hydrogen) atoms. The van der Waals surface area contributed by atoms with Gasteiger partial charge in [0.1, 0.15) is 0 Å². The van der Waals surface area contributed by atoms with Crippen LogP contribution < -0.4 is 5.43 Å². The van der Waals surface area contributed by atoms with Crippen LogP contribution in [0.1, 0.15) is 12.5 Å². The van der Waals surface area contributed by atoms with E-state index in [1.54, 1.807) is 25.1 Å². The van der Waals surface area contributed by atoms with Crippen LogP contribution in [0.3, 0.4) is 0 Å². The molecule has 0 radical (unpaired) electrons. The fourth-order valence-corrected chi connectivity index (χ4v) is 1.95. The van der Waals surface area contributed by atoms with Crippen LogP contribution in [-0.4, -0.2) is 10.6 Å². The third-order valence-electron chi connectivity index (χ3n) is 2.69. The van der Waals surface area contributed by atoms with Crippen molar-refractivity contribution >= 4 is 29.7 Å². The molecule has 102 valence electrons. The Morgan fingerprint density at radius 3 is 2.70 bits per heavy atom. The summed E-state index contributed by atoms with van der Waals surface area (Å²) in [5, 5.41) is 15.1. The highest BCUT2D eigenvalue weighted by molar-refractivity contribution is 7.80. The molecule has 0 spiro atoms. The Balaban J connectivity index is 2.25. The topological polar surface area (TPSA) is 67.5 Å². The number of benzene rings is 2. The predicted octanol–water partition coefficient (Wildman–Crippen LogP) is 3.72. The molecule has 0 saturated heterocycles. The minimum atomic E-state index is -0.414. The fraction of sp³-hybridized carbons (Fsp3) is 0.0714. The van der Waals surface area contributed by atoms with Gasteiger partial charge < -0.3 is 0 Å². The van der Waals surface area contributed by atoms with E-state index in [1.165, 1.54) is 6.07 Å². The summed E-state index contributed by atoms with van der Waals surface area (Å²) in [6, 6.07) is 13.9. The van der Waals surface area contributed by atoms with Crippen molar-refractivity contribution in [3.8, 4) is 0 Å². The molecule has 0 heterocycles. The lowest BCUT2D eigenvalue weighted by Crippen LogP contribution is -2.03. The lowest BCUT2D eigenvalue weighted by Gasteiger charge is -2.05. The van der Waals surface area contributed by atoms with Gasteiger partial charge in [0.15, 0.2) is 0 Å². The molecule has 6 heteroatoms. The van der Waals surface area contributed by atoms with Crippen LogP contribution in [0, 0.1) is 10.1 Å². The van der Waals surface area contributed by atoms with Gasteiger partial charge in [0.05, 0.1) is 21.9 Å². The highest BCUT2D eigenvalue weighted by Gasteiger charge is 2.14. The molecule has 0 saturated carbocycles. The first-order valence-electron chi connectivity index (χ1n) is 5.91. The number of nitro benzene ring substituents is 1. The van der Waals surface area contributed by atoms with E-state index >= 15 is 0 Å². The zero-order chi connectivity index (χ0) is 14.5. The first-order valence-corrected chi connectivity index (χ1v) is 6.36. The molecule has 5 nitrogen and oxygen atoms in total. The van der Waals surface area contributed by atoms with E-state index in [4.69, 9.17) is 0 Å². The van der Waals surface area contributed by atoms with Crippen molar-refractivity contribution in [3.05, 3.63) is 64.2 Å². The van der Waals surface area contributed by atoms with E-state index in [0.29, 0.717) is 11.3 Å². The fourth-order valence-electron chi connectivity index (χ4n) is 1.72. The quantitative estimate of drug-likeness (QED) is 0.390. The number of hydrogen-bond acceptors (Lipinski definition) is 5. The van der Waals surface area contributed by atoms with E-state index in [2.05, 4.69) is 23.2 Å². The first kappa shape index (κ1) is 14.1. The normalized spacial score (nSPS) is 11.2. The van der Waals surface area contributed by atoms with Gasteiger partial charge in [-0.1, -0.05) is 18.2 Å². The van der Waals surface area contributed by atoms with Gasteiger partial charge in [0, 0.05) is 11.0 Å². The van der Waals surface area contributed by atoms with Gasteiger partial charge in [0.2, 0.25) is 0 Å². The molecule has 0 atom stereocenters. The number of hydrogen-bond donors (Lipinski definition) is 2. The van der Waals surface area contributed by atoms with Gasteiger partial charge >= 0.3 is 0 Å². The summed E-state index contributed by atoms with van der Waals surface area (Å²) in [7, 11) is 0. The summed E-state index contributed by atoms with van der Waals surface area (Å²) in [5.41, 5.74) is 4.72. The van der Waals surface area contributed by atoms with Gasteiger partial charge in [-0.2, -0.15) is 5.10 Å². The van der Waals surface area contributed by atoms with Crippen LogP contribution in [0.2, 0.25) is 0 Å². The van der Waals surface area contributed by atoms with Crippen LogP contribution in [0.15, 0.2) is 58.5 Å². The number of nitrogens with one attached hydrogen (secondary N) is 1. The van der Waals surface area contributed by atoms with Crippen molar-refractivity contribution in [2.75, 3.05) is 5.43 Å². The van der Waals surface area contributed by atoms with Crippen LogP contribution in [-0.2, 0) is 0 Å². The Morgan fingerprint density at radius 2 is 2.00 bits per heavy atom. The average molecular weight is 287 g/mol. The number of hydrazone groups is 1. The van der Waals surface area contributed by atoms with E-state index in [0.717, 1.165) is 10.6 Å². The van der Waals surface area contributed by atoms with Crippen LogP contribution in [0.5, 0.6) is 0 Å². The molecule has 1 N–H and O–H groups in total. The van der Waals surface area contributed by atoms with E-state index < -0.39 is 4.92 Å². The Kier molecular flexibility index (Phi) is 4.37. The second kappa shape index (κ2) is 6.21. The highest BCUT2D eigenvalue weighted by Crippen LogP contribution is 2.19. The summed E-state index contributed by atoms with van der Waals surface area (Å²) >= 11 is 4.23. The maximum atomic E-state index is 11.0. The minimum Gasteiger partial charge on any atom is -0.278 e. The lowest BCUT2D eigenvalue weighted by molar-refractivity contribution is -0.385. The summed E-state index contributed by atoms with van der Waals surface area (Å²) in [4.78, 5) is 11.4. The second-order valence-electron chi connectivity index (χ2n) is 4.13. The standard InChI is InChI=1S/C14H13N3O2S/c1-10(13-7-2-3-8-14(13)17(18)19)15-16-11-5-4-6-12(20)9-11/h2-9,16,20H,1H3/b15-10+. The third kappa shape index (κ3) is 3.36. The highest BCUT2D eigenvalue weighted by atomic mass is 32.1. The Hall–Kier alpha value is -2.34. The summed E-state index contributed by atoms with van der Waals surface area (Å²) in [5.74, 6) is 0. The van der Waals surface area contributed by atoms with Crippen molar-refractivity contribution in [3.63, 3.8) is 0 Å². The molecular weight excluding hydrogens is 274 g/mol. The zero-order valence-corrected chi connectivity index (χ0v) is 11.7. The maximum absolute atomic E-state index is 11.0. The second-order valence-corrected chi connectivity index (χ2v) is 4.65. The van der Waals surface area contributed by atoms with E-state index in [9.17, 15) is 10.1 Å². The molecule has 0 aliphatic rings. The van der Waals surface area contributed by atoms with Crippen LogP contribution >= 0.6 is 12.6 Å². The predicted molar refractivity (Wildman–Crippen MR) is 82.6 cm³/mol. The monoisotopic (exact) mass is 287 g/mol. The smallest absolute Gasteiger partial charge is 0.278 e. The van der Waals surface area contributed by atoms with Crippen molar-refractivity contribution in [2.45, 2.75) is 11.8 Å². The number of para-hydroxylation sites is 1. The molecule has 0 unspecified atom stereocenters. The van der Waals surface area contributed by atoms with Crippen LogP contribution in [0.25, 0.3) is 0 Å². The molecule has 0 aliphatic heterocycles. The Morgan fingerprint density at radius 1 is 1.25 bits per heavy atom. The molecule has 2 aromatic rings. The summed E-state index contributed by atoms with van der Waals surface area (Å²) in [6.07, 6.45) is 0. The van der Waals surface area contributed by atoms with E-state index in [-0.39, 0.29) is 5.69 Å². The molecular formula is C14H13N3O2S. The van der Waals surface area contributed by atoms with Crippen LogP contribution in [0.4, 0.5) is 11.4 Å². The average Bonchev–Trinajstić information content (AvgIpc) is 2.45. The SMILES string of the molecule is C/C(=N\Nc1cccc(S)c1)c1ccccc1[N+](=O)[O-]. The number of anilines is 1. The largest absolute Gasteiger partial charge is 0.278 e. The number of thiol groups is 1. The first-order chi connectivity index (χ1) is 9.58. The van der Waals surface area contributed by atoms with Gasteiger partial charge in [-0.3, -0.25) is 15.5 Å². The third-order valence-corrected chi connectivity index (χ3v) is 2.97. The van der Waals surface area contributed by atoms with Crippen molar-refractivity contribution < 1.29 is 4.92 Å². The van der Waals surface area contributed by atoms with Gasteiger partial charge in [-0.15, -0.1) is 12.6 Å². The molecule has 2 rings (SSSR count). The van der Waals surface area contributed by atoms with Gasteiger partial charge in [0.25, 0.3) is 5.69 Å². The summed E-state index contributed by atoms with van der Waals surface area (Å²) in [6.45, 7) is 1.72. The van der Waals surface area contributed by atoms with Crippen molar-refractivity contribution in [1.29, 1.82) is 0 Å². The molecule has 0 bridgehead atoms. The maximum Gasteiger partial charge on any atom is 0.278 e. The molecule has 0 aliphatic carbocycles. The molecule has 0 amide bonds. The van der Waals surface area contributed by atoms with Crippen molar-refractivity contribution in [1.82, 2.24) is 0 Å². The Labute approximate surface area is 121 Å². The lowest BCUT2D eigenvalue weighted by atomic mass is 10.1. The minimum absolute atomic E-state index is 0.0403. The van der Waals surface area contributed by atoms with E-state index in [1.807, 2.05) is 24.3 Å². The molecule has 0 aromatic heterocycles. The van der Waals surface area contributed by atoms with Gasteiger partial charge in [-0.25, -0.2) is 0 Å². The van der Waals surface area contributed by atoms with Crippen molar-refractivity contribution in [2.24, 2.45) is 5.10 Å². The number of rotatable bonds is 4. The molecule has 2 aromatic carbocycles. The number of nitro groups is 1. The van der Waals surface area contributed by atoms with Gasteiger partial charge in [-0.05, 0) is 31.2 Å². The Bertz CT molecular complexity index is 671. The summed E-state index contributed by atoms with van der Waals surface area (Å²) < 4.78 is 0. The number of nitrogens with zero attached hydrogens (tertiary/aromatic N) is 2.